The number of nitrogens with one attached hydrogen (secondary N) is 1. The number of carbonyl (C=O) groups excluding carboxylic acids is 1. The molecule has 0 spiro atoms. The summed E-state index contributed by atoms with van der Waals surface area (Å²) in [4.78, 5) is 13.3. The van der Waals surface area contributed by atoms with Crippen LogP contribution in [0.15, 0.2) is 53.4 Å². The van der Waals surface area contributed by atoms with E-state index in [1.807, 2.05) is 42.5 Å². The molecule has 1 atom stereocenters. The van der Waals surface area contributed by atoms with E-state index in [2.05, 4.69) is 12.2 Å². The number of aryl methyl sites for hydroxylation is 2. The summed E-state index contributed by atoms with van der Waals surface area (Å²) in [5.41, 5.74) is 3.56. The number of rotatable bonds is 7. The Kier molecular flexibility index (Phi) is 6.77. The van der Waals surface area contributed by atoms with E-state index in [4.69, 9.17) is 0 Å². The van der Waals surface area contributed by atoms with E-state index in [0.29, 0.717) is 30.8 Å². The van der Waals surface area contributed by atoms with Crippen LogP contribution >= 0.6 is 0 Å². The Hall–Kier alpha value is -2.18. The average molecular weight is 441 g/mol. The van der Waals surface area contributed by atoms with Crippen molar-refractivity contribution in [2.75, 3.05) is 13.1 Å². The number of nitrogens with zero attached hydrogens (tertiary/aromatic N) is 1. The molecule has 0 unspecified atom stereocenters. The van der Waals surface area contributed by atoms with Crippen LogP contribution in [0, 0.1) is 5.92 Å². The fourth-order valence-corrected chi connectivity index (χ4v) is 6.32. The second-order valence-electron chi connectivity index (χ2n) is 8.72. The molecule has 1 amide bonds. The van der Waals surface area contributed by atoms with Crippen LogP contribution in [0.5, 0.6) is 0 Å². The van der Waals surface area contributed by atoms with E-state index in [0.717, 1.165) is 37.7 Å². The molecule has 4 rings (SSSR count). The number of piperidine rings is 1. The van der Waals surface area contributed by atoms with Crippen molar-refractivity contribution in [1.82, 2.24) is 9.62 Å². The molecular formula is C25H32N2O3S. The Labute approximate surface area is 185 Å². The van der Waals surface area contributed by atoms with E-state index in [1.165, 1.54) is 11.1 Å². The second-order valence-corrected chi connectivity index (χ2v) is 10.7. The van der Waals surface area contributed by atoms with Gasteiger partial charge in [-0.1, -0.05) is 49.7 Å². The molecule has 1 aliphatic carbocycles. The third-order valence-electron chi connectivity index (χ3n) is 6.63. The Morgan fingerprint density at radius 1 is 1.06 bits per heavy atom. The van der Waals surface area contributed by atoms with E-state index >= 15 is 0 Å². The van der Waals surface area contributed by atoms with Crippen LogP contribution in [0.25, 0.3) is 0 Å². The molecule has 0 saturated carbocycles. The lowest BCUT2D eigenvalue weighted by Gasteiger charge is -2.31. The first-order valence-corrected chi connectivity index (χ1v) is 12.9. The van der Waals surface area contributed by atoms with Gasteiger partial charge in [0.25, 0.3) is 0 Å². The molecular weight excluding hydrogens is 408 g/mol. The van der Waals surface area contributed by atoms with Crippen LogP contribution in [0.3, 0.4) is 0 Å². The maximum Gasteiger partial charge on any atom is 0.243 e. The van der Waals surface area contributed by atoms with Crippen LogP contribution in [0.4, 0.5) is 0 Å². The minimum Gasteiger partial charge on any atom is -0.349 e. The summed E-state index contributed by atoms with van der Waals surface area (Å²) in [7, 11) is -3.51. The number of benzene rings is 2. The largest absolute Gasteiger partial charge is 0.349 e. The zero-order valence-electron chi connectivity index (χ0n) is 18.2. The highest BCUT2D eigenvalue weighted by atomic mass is 32.2. The van der Waals surface area contributed by atoms with Crippen molar-refractivity contribution in [1.29, 1.82) is 0 Å². The van der Waals surface area contributed by atoms with Gasteiger partial charge in [-0.3, -0.25) is 4.79 Å². The molecule has 2 aromatic carbocycles. The van der Waals surface area contributed by atoms with Gasteiger partial charge in [-0.2, -0.15) is 4.31 Å². The quantitative estimate of drug-likeness (QED) is 0.701. The fraction of sp³-hybridized carbons (Fsp3) is 0.480. The van der Waals surface area contributed by atoms with Crippen LogP contribution in [0.1, 0.15) is 61.8 Å². The minimum atomic E-state index is -3.51. The van der Waals surface area contributed by atoms with Gasteiger partial charge >= 0.3 is 0 Å². The number of amides is 1. The normalized spacial score (nSPS) is 18.5. The molecule has 166 valence electrons. The summed E-state index contributed by atoms with van der Waals surface area (Å²) in [6, 6.07) is 15.6. The van der Waals surface area contributed by atoms with Crippen molar-refractivity contribution >= 4 is 15.9 Å². The summed E-state index contributed by atoms with van der Waals surface area (Å²) in [6.07, 6.45) is 6.09. The lowest BCUT2D eigenvalue weighted by atomic mass is 9.95. The van der Waals surface area contributed by atoms with Crippen LogP contribution in [-0.2, 0) is 27.7 Å². The van der Waals surface area contributed by atoms with Gasteiger partial charge in [-0.15, -0.1) is 0 Å². The van der Waals surface area contributed by atoms with Crippen LogP contribution in [0.2, 0.25) is 0 Å². The standard InChI is InChI=1S/C25H32N2O3S/c1-2-7-24(20-8-4-3-5-9-20)26-25(28)21-14-16-27(17-15-21)31(29,30)23-13-12-19-10-6-11-22(19)18-23/h3-5,8-9,12-13,18,21,24H,2,6-7,10-11,14-17H2,1H3,(H,26,28)/t24-/m0/s1. The lowest BCUT2D eigenvalue weighted by molar-refractivity contribution is -0.127. The molecule has 0 radical (unpaired) electrons. The summed E-state index contributed by atoms with van der Waals surface area (Å²) in [6.45, 7) is 2.90. The van der Waals surface area contributed by atoms with Gasteiger partial charge in [0.2, 0.25) is 15.9 Å². The zero-order valence-corrected chi connectivity index (χ0v) is 19.0. The summed E-state index contributed by atoms with van der Waals surface area (Å²) >= 11 is 0. The Morgan fingerprint density at radius 2 is 1.77 bits per heavy atom. The van der Waals surface area contributed by atoms with Gasteiger partial charge in [0.15, 0.2) is 0 Å². The van der Waals surface area contributed by atoms with Gasteiger partial charge < -0.3 is 5.32 Å². The number of hydrogen-bond donors (Lipinski definition) is 1. The van der Waals surface area contributed by atoms with Crippen molar-refractivity contribution in [3.63, 3.8) is 0 Å². The Morgan fingerprint density at radius 3 is 2.48 bits per heavy atom. The molecule has 1 aliphatic heterocycles. The van der Waals surface area contributed by atoms with Gasteiger partial charge in [0.05, 0.1) is 10.9 Å². The molecule has 2 aliphatic rings. The highest BCUT2D eigenvalue weighted by Gasteiger charge is 2.33. The van der Waals surface area contributed by atoms with Crippen molar-refractivity contribution in [2.24, 2.45) is 5.92 Å². The van der Waals surface area contributed by atoms with E-state index in [-0.39, 0.29) is 17.9 Å². The Bertz CT molecular complexity index is 1010. The molecule has 2 aromatic rings. The molecule has 5 nitrogen and oxygen atoms in total. The zero-order chi connectivity index (χ0) is 21.8. The summed E-state index contributed by atoms with van der Waals surface area (Å²) in [5, 5.41) is 3.21. The molecule has 1 fully saturated rings. The van der Waals surface area contributed by atoms with Crippen LogP contribution < -0.4 is 5.32 Å². The minimum absolute atomic E-state index is 0.00637. The molecule has 0 bridgehead atoms. The maximum atomic E-state index is 13.1. The van der Waals surface area contributed by atoms with E-state index < -0.39 is 10.0 Å². The van der Waals surface area contributed by atoms with Crippen molar-refractivity contribution in [2.45, 2.75) is 62.8 Å². The molecule has 31 heavy (non-hydrogen) atoms. The molecule has 1 heterocycles. The SMILES string of the molecule is CCC[C@H](NC(=O)C1CCN(S(=O)(=O)c2ccc3c(c2)CCC3)CC1)c1ccccc1. The fourth-order valence-electron chi connectivity index (χ4n) is 4.80. The third-order valence-corrected chi connectivity index (χ3v) is 8.52. The molecule has 6 heteroatoms. The molecule has 1 saturated heterocycles. The van der Waals surface area contributed by atoms with E-state index in [1.54, 1.807) is 10.4 Å². The first-order chi connectivity index (χ1) is 15.0. The van der Waals surface area contributed by atoms with Gasteiger partial charge in [-0.25, -0.2) is 8.42 Å². The summed E-state index contributed by atoms with van der Waals surface area (Å²) in [5.74, 6) is -0.105. The first-order valence-electron chi connectivity index (χ1n) is 11.5. The number of hydrogen-bond acceptors (Lipinski definition) is 3. The molecule has 1 N–H and O–H groups in total. The van der Waals surface area contributed by atoms with Crippen LogP contribution in [-0.4, -0.2) is 31.7 Å². The highest BCUT2D eigenvalue weighted by molar-refractivity contribution is 7.89. The van der Waals surface area contributed by atoms with Gasteiger partial charge in [0.1, 0.15) is 0 Å². The maximum absolute atomic E-state index is 13.1. The second kappa shape index (κ2) is 9.53. The predicted octanol–water partition coefficient (Wildman–Crippen LogP) is 4.23. The number of carbonyl (C=O) groups is 1. The number of fused-ring (bicyclic) bond motifs is 1. The van der Waals surface area contributed by atoms with Crippen molar-refractivity contribution in [3.8, 4) is 0 Å². The van der Waals surface area contributed by atoms with Gasteiger partial charge in [0, 0.05) is 19.0 Å². The topological polar surface area (TPSA) is 66.5 Å². The average Bonchev–Trinajstić information content (AvgIpc) is 3.27. The first kappa shape index (κ1) is 22.0. The lowest BCUT2D eigenvalue weighted by Crippen LogP contribution is -2.43. The molecule has 0 aromatic heterocycles. The van der Waals surface area contributed by atoms with Gasteiger partial charge in [-0.05, 0) is 67.3 Å². The van der Waals surface area contributed by atoms with Crippen molar-refractivity contribution in [3.05, 3.63) is 65.2 Å². The predicted molar refractivity (Wildman–Crippen MR) is 122 cm³/mol. The third kappa shape index (κ3) is 4.85. The summed E-state index contributed by atoms with van der Waals surface area (Å²) < 4.78 is 27.8. The Balaban J connectivity index is 1.38. The number of sulfonamides is 1. The van der Waals surface area contributed by atoms with Crippen molar-refractivity contribution < 1.29 is 13.2 Å². The smallest absolute Gasteiger partial charge is 0.243 e. The van der Waals surface area contributed by atoms with E-state index in [9.17, 15) is 13.2 Å². The monoisotopic (exact) mass is 440 g/mol. The highest BCUT2D eigenvalue weighted by Crippen LogP contribution is 2.29.